The number of ether oxygens (including phenoxy) is 2. The molecule has 4 N–H and O–H groups in total. The number of hydrogen-bond donors (Lipinski definition) is 4. The van der Waals surface area contributed by atoms with Gasteiger partial charge in [0.15, 0.2) is 0 Å². The van der Waals surface area contributed by atoms with Crippen LogP contribution in [0.15, 0.2) is 24.4 Å². The van der Waals surface area contributed by atoms with Crippen LogP contribution in [0.5, 0.6) is 0 Å². The largest absolute Gasteiger partial charge is 0.428 e. The highest BCUT2D eigenvalue weighted by molar-refractivity contribution is 6.20. The summed E-state index contributed by atoms with van der Waals surface area (Å²) in [4.78, 5) is 22.7. The van der Waals surface area contributed by atoms with E-state index in [1.165, 1.54) is 0 Å². The number of hydrogen-bond acceptors (Lipinski definition) is 8. The van der Waals surface area contributed by atoms with Gasteiger partial charge in [0.25, 0.3) is 0 Å². The van der Waals surface area contributed by atoms with Crippen molar-refractivity contribution in [2.45, 2.75) is 12.8 Å². The number of rotatable bonds is 14. The van der Waals surface area contributed by atoms with Crippen LogP contribution < -0.4 is 21.3 Å². The van der Waals surface area contributed by atoms with Gasteiger partial charge in [-0.15, -0.1) is 0 Å². The van der Waals surface area contributed by atoms with Crippen molar-refractivity contribution in [3.63, 3.8) is 0 Å². The van der Waals surface area contributed by atoms with Crippen LogP contribution in [-0.4, -0.2) is 60.9 Å². The topological polar surface area (TPSA) is 101 Å². The minimum Gasteiger partial charge on any atom is -0.428 e. The fourth-order valence-corrected chi connectivity index (χ4v) is 1.21. The predicted molar refractivity (Wildman–Crippen MR) is 88.1 cm³/mol. The zero-order chi connectivity index (χ0) is 17.5. The zero-order valence-electron chi connectivity index (χ0n) is 13.2. The van der Waals surface area contributed by atoms with Crippen molar-refractivity contribution in [2.75, 3.05) is 33.2 Å². The number of carbonyl (C=O) groups excluding carboxylic acids is 2. The molecule has 0 saturated carbocycles. The van der Waals surface area contributed by atoms with Crippen molar-refractivity contribution in [3.05, 3.63) is 24.4 Å². The molecular formula is C13H22B2N4O4. The molecule has 8 nitrogen and oxygen atoms in total. The van der Waals surface area contributed by atoms with E-state index in [2.05, 4.69) is 34.4 Å². The third-order valence-electron chi connectivity index (χ3n) is 2.33. The van der Waals surface area contributed by atoms with Gasteiger partial charge in [0, 0.05) is 13.1 Å². The summed E-state index contributed by atoms with van der Waals surface area (Å²) in [5.74, 6) is -0.943. The van der Waals surface area contributed by atoms with Gasteiger partial charge in [-0.3, -0.25) is 20.2 Å². The Balaban J connectivity index is 3.43. The van der Waals surface area contributed by atoms with E-state index in [0.29, 0.717) is 37.6 Å². The minimum absolute atomic E-state index is 0.145. The summed E-state index contributed by atoms with van der Waals surface area (Å²) in [5, 5.41) is 11.3. The summed E-state index contributed by atoms with van der Waals surface area (Å²) in [5.41, 5.74) is 0.676. The molecule has 0 atom stereocenters. The summed E-state index contributed by atoms with van der Waals surface area (Å²) in [6.07, 6.45) is 0.291. The Kier molecular flexibility index (Phi) is 12.6. The van der Waals surface area contributed by atoms with E-state index in [-0.39, 0.29) is 12.8 Å². The van der Waals surface area contributed by atoms with Crippen LogP contribution in [0.3, 0.4) is 0 Å². The summed E-state index contributed by atoms with van der Waals surface area (Å²) in [7, 11) is 10.6. The van der Waals surface area contributed by atoms with Crippen LogP contribution in [0.4, 0.5) is 0 Å². The van der Waals surface area contributed by atoms with Gasteiger partial charge in [-0.25, -0.2) is 0 Å². The quantitative estimate of drug-likeness (QED) is 0.131. The minimum atomic E-state index is -0.472. The standard InChI is InChI=1S/C13H22B2N4O4/c1-10(14)18-7-16-5-3-12(20)22-9-23-13(21)4-6-17-8-19-11(2)15/h16-19H,1-9H2. The Hall–Kier alpha value is -1.93. The first-order valence-corrected chi connectivity index (χ1v) is 7.01. The molecule has 0 aliphatic heterocycles. The summed E-state index contributed by atoms with van der Waals surface area (Å²) in [6.45, 7) is 8.11. The Bertz CT molecular complexity index is 371. The monoisotopic (exact) mass is 320 g/mol. The molecule has 0 aliphatic rings. The molecule has 0 fully saturated rings. The van der Waals surface area contributed by atoms with E-state index in [0.717, 1.165) is 0 Å². The maximum Gasteiger partial charge on any atom is 0.309 e. The average molecular weight is 320 g/mol. The van der Waals surface area contributed by atoms with Gasteiger partial charge in [0.1, 0.15) is 15.7 Å². The fraction of sp³-hybridized carbons (Fsp3) is 0.538. The van der Waals surface area contributed by atoms with Crippen LogP contribution in [0, 0.1) is 0 Å². The summed E-state index contributed by atoms with van der Waals surface area (Å²) in [6, 6.07) is 0. The SMILES string of the molecule is [B]C(=C)NCNCCC(=O)OCOC(=O)CCNCNC([B])=C. The van der Waals surface area contributed by atoms with E-state index in [4.69, 9.17) is 25.2 Å². The van der Waals surface area contributed by atoms with Crippen molar-refractivity contribution in [3.8, 4) is 0 Å². The molecule has 0 aromatic heterocycles. The van der Waals surface area contributed by atoms with Gasteiger partial charge in [-0.2, -0.15) is 0 Å². The molecule has 0 saturated heterocycles. The van der Waals surface area contributed by atoms with E-state index in [1.807, 2.05) is 0 Å². The lowest BCUT2D eigenvalue weighted by atomic mass is 10.1. The first kappa shape index (κ1) is 21.1. The number of carbonyl (C=O) groups is 2. The molecule has 4 radical (unpaired) electrons. The van der Waals surface area contributed by atoms with Gasteiger partial charge >= 0.3 is 11.9 Å². The van der Waals surface area contributed by atoms with Gasteiger partial charge in [0.05, 0.1) is 26.2 Å². The van der Waals surface area contributed by atoms with Crippen molar-refractivity contribution in [1.29, 1.82) is 0 Å². The normalized spacial score (nSPS) is 9.74. The molecule has 10 heteroatoms. The van der Waals surface area contributed by atoms with Crippen molar-refractivity contribution >= 4 is 27.6 Å². The first-order valence-electron chi connectivity index (χ1n) is 7.01. The lowest BCUT2D eigenvalue weighted by Crippen LogP contribution is -2.30. The highest BCUT2D eigenvalue weighted by atomic mass is 16.7. The van der Waals surface area contributed by atoms with Crippen LogP contribution in [-0.2, 0) is 19.1 Å². The molecule has 0 heterocycles. The highest BCUT2D eigenvalue weighted by Gasteiger charge is 2.05. The van der Waals surface area contributed by atoms with E-state index in [9.17, 15) is 9.59 Å². The second-order valence-corrected chi connectivity index (χ2v) is 4.41. The molecular weight excluding hydrogens is 298 g/mol. The zero-order valence-corrected chi connectivity index (χ0v) is 13.2. The predicted octanol–water partition coefficient (Wildman–Crippen LogP) is -1.64. The molecule has 0 amide bonds. The lowest BCUT2D eigenvalue weighted by Gasteiger charge is -2.09. The second-order valence-electron chi connectivity index (χ2n) is 4.41. The van der Waals surface area contributed by atoms with Crippen molar-refractivity contribution in [1.82, 2.24) is 21.3 Å². The Labute approximate surface area is 139 Å². The van der Waals surface area contributed by atoms with Crippen LogP contribution in [0.2, 0.25) is 0 Å². The summed E-state index contributed by atoms with van der Waals surface area (Å²) >= 11 is 0. The number of nitrogens with one attached hydrogen (secondary N) is 4. The van der Waals surface area contributed by atoms with Crippen LogP contribution in [0.25, 0.3) is 0 Å². The lowest BCUT2D eigenvalue weighted by molar-refractivity contribution is -0.167. The third kappa shape index (κ3) is 16.3. The van der Waals surface area contributed by atoms with Crippen molar-refractivity contribution in [2.24, 2.45) is 0 Å². The molecule has 0 aromatic rings. The first-order chi connectivity index (χ1) is 10.9. The smallest absolute Gasteiger partial charge is 0.309 e. The Morgan fingerprint density at radius 2 is 1.22 bits per heavy atom. The summed E-state index contributed by atoms with van der Waals surface area (Å²) < 4.78 is 9.51. The maximum absolute atomic E-state index is 11.3. The Morgan fingerprint density at radius 1 is 0.826 bits per heavy atom. The fourth-order valence-electron chi connectivity index (χ4n) is 1.21. The van der Waals surface area contributed by atoms with Crippen LogP contribution in [0.1, 0.15) is 12.8 Å². The Morgan fingerprint density at radius 3 is 1.57 bits per heavy atom. The number of esters is 2. The molecule has 0 unspecified atom stereocenters. The maximum atomic E-state index is 11.3. The molecule has 0 spiro atoms. The van der Waals surface area contributed by atoms with Gasteiger partial charge in [-0.1, -0.05) is 13.2 Å². The van der Waals surface area contributed by atoms with E-state index >= 15 is 0 Å². The van der Waals surface area contributed by atoms with Crippen LogP contribution >= 0.6 is 0 Å². The van der Waals surface area contributed by atoms with Gasteiger partial charge < -0.3 is 20.1 Å². The molecule has 0 aromatic carbocycles. The third-order valence-corrected chi connectivity index (χ3v) is 2.33. The molecule has 0 rings (SSSR count). The van der Waals surface area contributed by atoms with Crippen molar-refractivity contribution < 1.29 is 19.1 Å². The molecule has 124 valence electrons. The van der Waals surface area contributed by atoms with Gasteiger partial charge in [-0.05, 0) is 11.2 Å². The molecule has 0 bridgehead atoms. The average Bonchev–Trinajstić information content (AvgIpc) is 2.45. The van der Waals surface area contributed by atoms with Gasteiger partial charge in [0.2, 0.25) is 6.79 Å². The molecule has 0 aliphatic carbocycles. The highest BCUT2D eigenvalue weighted by Crippen LogP contribution is 1.89. The van der Waals surface area contributed by atoms with E-state index < -0.39 is 18.7 Å². The van der Waals surface area contributed by atoms with E-state index in [1.54, 1.807) is 0 Å². The second kappa shape index (κ2) is 13.7. The molecule has 23 heavy (non-hydrogen) atoms.